The number of hydrogen-bond acceptors (Lipinski definition) is 6. The lowest BCUT2D eigenvalue weighted by molar-refractivity contribution is -0.881. The zero-order valence-electron chi connectivity index (χ0n) is 21.8. The molecule has 1 aromatic heterocycles. The molecule has 2 unspecified atom stereocenters. The first-order valence-electron chi connectivity index (χ1n) is 12.6. The van der Waals surface area contributed by atoms with Crippen molar-refractivity contribution in [1.29, 1.82) is 0 Å². The van der Waals surface area contributed by atoms with Gasteiger partial charge in [-0.15, -0.1) is 0 Å². The third-order valence-electron chi connectivity index (χ3n) is 6.54. The van der Waals surface area contributed by atoms with Crippen LogP contribution in [0.1, 0.15) is 37.8 Å². The topological polar surface area (TPSA) is 81.0 Å². The molecule has 2 atom stereocenters. The molecule has 7 nitrogen and oxygen atoms in total. The highest BCUT2D eigenvalue weighted by atomic mass is 16.5. The van der Waals surface area contributed by atoms with Crippen molar-refractivity contribution in [3.05, 3.63) is 65.9 Å². The van der Waals surface area contributed by atoms with E-state index < -0.39 is 11.8 Å². The number of nitrogens with zero attached hydrogens (tertiary/aromatic N) is 3. The minimum Gasteiger partial charge on any atom is -0.475 e. The van der Waals surface area contributed by atoms with Gasteiger partial charge in [-0.1, -0.05) is 42.5 Å². The van der Waals surface area contributed by atoms with Crippen LogP contribution < -0.4 is 4.74 Å². The molecule has 0 aliphatic carbocycles. The van der Waals surface area contributed by atoms with Gasteiger partial charge in [0.15, 0.2) is 0 Å². The second kappa shape index (κ2) is 10.8. The van der Waals surface area contributed by atoms with Crippen molar-refractivity contribution in [2.24, 2.45) is 10.9 Å². The summed E-state index contributed by atoms with van der Waals surface area (Å²) >= 11 is 0. The number of benzene rings is 2. The van der Waals surface area contributed by atoms with E-state index in [1.165, 1.54) is 0 Å². The maximum atomic E-state index is 13.7. The van der Waals surface area contributed by atoms with Gasteiger partial charge in [-0.25, -0.2) is 4.98 Å². The summed E-state index contributed by atoms with van der Waals surface area (Å²) in [6.45, 7) is 7.09. The minimum atomic E-state index is -0.655. The van der Waals surface area contributed by atoms with Crippen LogP contribution in [0.5, 0.6) is 5.88 Å². The Balaban J connectivity index is 2.01. The van der Waals surface area contributed by atoms with Crippen LogP contribution in [0.3, 0.4) is 0 Å². The Morgan fingerprint density at radius 2 is 1.86 bits per heavy atom. The van der Waals surface area contributed by atoms with Gasteiger partial charge < -0.3 is 19.1 Å². The monoisotopic (exact) mass is 490 g/mol. The molecule has 7 heteroatoms. The molecule has 1 aliphatic heterocycles. The molecule has 4 rings (SSSR count). The lowest BCUT2D eigenvalue weighted by Crippen LogP contribution is -2.50. The molecule has 0 bridgehead atoms. The van der Waals surface area contributed by atoms with Gasteiger partial charge in [0.05, 0.1) is 44.8 Å². The van der Waals surface area contributed by atoms with E-state index in [1.807, 2.05) is 59.1 Å². The number of fused-ring (bicyclic) bond motifs is 2. The second-order valence-corrected chi connectivity index (χ2v) is 10.1. The number of pyridine rings is 1. The molecule has 0 saturated carbocycles. The Bertz CT molecular complexity index is 1260. The Labute approximate surface area is 213 Å². The van der Waals surface area contributed by atoms with Crippen LogP contribution in [-0.2, 0) is 9.53 Å². The van der Waals surface area contributed by atoms with Gasteiger partial charge in [0.1, 0.15) is 19.0 Å². The van der Waals surface area contributed by atoms with Gasteiger partial charge in [-0.3, -0.25) is 9.79 Å². The van der Waals surface area contributed by atoms with Crippen LogP contribution in [0, 0.1) is 5.92 Å². The summed E-state index contributed by atoms with van der Waals surface area (Å²) in [6.07, 6.45) is 1.61. The molecule has 1 aliphatic rings. The number of esters is 1. The summed E-state index contributed by atoms with van der Waals surface area (Å²) in [7, 11) is 4.06. The van der Waals surface area contributed by atoms with E-state index in [1.54, 1.807) is 6.20 Å². The zero-order chi connectivity index (χ0) is 25.9. The van der Waals surface area contributed by atoms with Gasteiger partial charge in [0.2, 0.25) is 5.88 Å². The highest BCUT2D eigenvalue weighted by molar-refractivity contribution is 6.08. The molecular weight excluding hydrogens is 454 g/mol. The molecule has 2 heterocycles. The van der Waals surface area contributed by atoms with Crippen molar-refractivity contribution in [1.82, 2.24) is 4.98 Å². The van der Waals surface area contributed by atoms with E-state index in [9.17, 15) is 9.90 Å². The maximum absolute atomic E-state index is 13.7. The normalized spacial score (nSPS) is 17.6. The number of rotatable bonds is 9. The molecule has 2 aromatic carbocycles. The fourth-order valence-corrected chi connectivity index (χ4v) is 5.02. The molecule has 3 aromatic rings. The number of ether oxygens (including phenoxy) is 2. The first-order chi connectivity index (χ1) is 17.3. The van der Waals surface area contributed by atoms with Crippen LogP contribution in [0.15, 0.2) is 59.7 Å². The number of aromatic nitrogens is 1. The predicted molar refractivity (Wildman–Crippen MR) is 142 cm³/mol. The second-order valence-electron chi connectivity index (χ2n) is 10.1. The molecule has 1 N–H and O–H groups in total. The molecular formula is C29H36N3O4+. The van der Waals surface area contributed by atoms with E-state index >= 15 is 0 Å². The quantitative estimate of drug-likeness (QED) is 0.353. The third-order valence-corrected chi connectivity index (χ3v) is 6.54. The van der Waals surface area contributed by atoms with Crippen LogP contribution in [0.2, 0.25) is 0 Å². The Morgan fingerprint density at radius 1 is 1.11 bits per heavy atom. The molecule has 0 fully saturated rings. The first-order valence-corrected chi connectivity index (χ1v) is 12.6. The zero-order valence-corrected chi connectivity index (χ0v) is 21.8. The molecule has 0 spiro atoms. The first kappa shape index (κ1) is 25.8. The summed E-state index contributed by atoms with van der Waals surface area (Å²) in [5.74, 6) is -0.878. The molecule has 190 valence electrons. The van der Waals surface area contributed by atoms with E-state index in [4.69, 9.17) is 14.5 Å². The average Bonchev–Trinajstić information content (AvgIpc) is 2.82. The summed E-state index contributed by atoms with van der Waals surface area (Å²) in [6, 6.07) is 16.2. The summed E-state index contributed by atoms with van der Waals surface area (Å²) in [5, 5.41) is 11.8. The number of quaternary nitrogens is 1. The Kier molecular flexibility index (Phi) is 7.71. The van der Waals surface area contributed by atoms with Gasteiger partial charge >= 0.3 is 5.97 Å². The number of aliphatic hydroxyl groups is 1. The summed E-state index contributed by atoms with van der Waals surface area (Å²) in [4.78, 5) is 23.3. The van der Waals surface area contributed by atoms with Crippen LogP contribution in [-0.4, -0.2) is 72.8 Å². The third kappa shape index (κ3) is 5.27. The number of carbonyl (C=O) groups is 1. The summed E-state index contributed by atoms with van der Waals surface area (Å²) in [5.41, 5.74) is 3.29. The van der Waals surface area contributed by atoms with Gasteiger partial charge in [-0.05, 0) is 43.2 Å². The van der Waals surface area contributed by atoms with E-state index in [0.717, 1.165) is 33.3 Å². The highest BCUT2D eigenvalue weighted by Crippen LogP contribution is 2.48. The predicted octanol–water partition coefficient (Wildman–Crippen LogP) is 4.49. The van der Waals surface area contributed by atoms with Crippen LogP contribution >= 0.6 is 0 Å². The summed E-state index contributed by atoms with van der Waals surface area (Å²) < 4.78 is 12.3. The Morgan fingerprint density at radius 3 is 2.58 bits per heavy atom. The molecule has 0 amide bonds. The number of aliphatic imine (C=N–C) groups is 1. The number of likely N-dealkylation sites (N-methyl/N-ethyl adjacent to an activating group) is 1. The fraction of sp³-hybridized carbons (Fsp3) is 0.414. The van der Waals surface area contributed by atoms with Crippen LogP contribution in [0.4, 0.5) is 5.69 Å². The van der Waals surface area contributed by atoms with Crippen molar-refractivity contribution in [2.75, 3.05) is 40.4 Å². The van der Waals surface area contributed by atoms with Gasteiger partial charge in [0, 0.05) is 17.7 Å². The van der Waals surface area contributed by atoms with E-state index in [0.29, 0.717) is 23.5 Å². The maximum Gasteiger partial charge on any atom is 0.315 e. The number of carbonyl (C=O) groups excluding carboxylic acids is 1. The average molecular weight is 491 g/mol. The highest BCUT2D eigenvalue weighted by Gasteiger charge is 2.44. The SMILES string of the molecule is CCOC(=O)C1C(C[N+](C)(C)CCO)=Nc2ccnc(OC(C)C)c2C1c1cccc2ccccc12. The standard InChI is InChI=1S/C29H36N3O4/c1-6-35-29(34)27-24(18-32(4,5)16-17-33)31-23-14-15-30-28(36-19(2)3)26(23)25(27)22-13-9-11-20-10-7-8-12-21(20)22/h7-15,19,25,27,33H,6,16-18H2,1-5H3/q+1. The largest absolute Gasteiger partial charge is 0.475 e. The molecule has 0 saturated heterocycles. The van der Waals surface area contributed by atoms with Crippen LogP contribution in [0.25, 0.3) is 10.8 Å². The minimum absolute atomic E-state index is 0.0456. The van der Waals surface area contributed by atoms with Crippen molar-refractivity contribution in [2.45, 2.75) is 32.8 Å². The molecule has 0 radical (unpaired) electrons. The van der Waals surface area contributed by atoms with Crippen molar-refractivity contribution >= 4 is 28.1 Å². The lowest BCUT2D eigenvalue weighted by Gasteiger charge is -2.37. The van der Waals surface area contributed by atoms with Crippen molar-refractivity contribution in [3.63, 3.8) is 0 Å². The van der Waals surface area contributed by atoms with Gasteiger partial charge in [-0.2, -0.15) is 0 Å². The number of aliphatic hydroxyl groups excluding tert-OH is 1. The van der Waals surface area contributed by atoms with Crippen molar-refractivity contribution in [3.8, 4) is 5.88 Å². The lowest BCUT2D eigenvalue weighted by atomic mass is 9.74. The Hall–Kier alpha value is -3.29. The number of hydrogen-bond donors (Lipinski definition) is 1. The smallest absolute Gasteiger partial charge is 0.315 e. The van der Waals surface area contributed by atoms with Crippen molar-refractivity contribution < 1.29 is 23.9 Å². The van der Waals surface area contributed by atoms with Gasteiger partial charge in [0.25, 0.3) is 0 Å². The fourth-order valence-electron chi connectivity index (χ4n) is 5.02. The van der Waals surface area contributed by atoms with E-state index in [-0.39, 0.29) is 25.3 Å². The molecule has 36 heavy (non-hydrogen) atoms. The van der Waals surface area contributed by atoms with E-state index in [2.05, 4.69) is 29.2 Å².